The van der Waals surface area contributed by atoms with Crippen LogP contribution >= 0.6 is 12.2 Å². The van der Waals surface area contributed by atoms with Crippen LogP contribution in [0.2, 0.25) is 0 Å². The van der Waals surface area contributed by atoms with Crippen LogP contribution in [-0.4, -0.2) is 45.8 Å². The van der Waals surface area contributed by atoms with Crippen LogP contribution in [0.25, 0.3) is 0 Å². The van der Waals surface area contributed by atoms with Crippen molar-refractivity contribution in [1.82, 2.24) is 19.7 Å². The minimum atomic E-state index is 0.0501. The number of ether oxygens (including phenoxy) is 1. The predicted molar refractivity (Wildman–Crippen MR) is 89.3 cm³/mol. The number of aromatic nitrogens is 3. The number of hydrogen-bond donors (Lipinski definition) is 1. The summed E-state index contributed by atoms with van der Waals surface area (Å²) in [7, 11) is 3.52. The first-order valence-corrected chi connectivity index (χ1v) is 8.05. The molecule has 23 heavy (non-hydrogen) atoms. The number of likely N-dealkylation sites (tertiary alicyclic amines) is 1. The fraction of sp³-hybridized carbons (Fsp3) is 0.438. The number of benzene rings is 1. The number of H-pyrrole nitrogens is 1. The predicted octanol–water partition coefficient (Wildman–Crippen LogP) is 2.51. The van der Waals surface area contributed by atoms with E-state index in [-0.39, 0.29) is 11.8 Å². The Morgan fingerprint density at radius 3 is 2.74 bits per heavy atom. The van der Waals surface area contributed by atoms with Gasteiger partial charge in [0.15, 0.2) is 4.77 Å². The van der Waals surface area contributed by atoms with Gasteiger partial charge in [0.2, 0.25) is 0 Å². The van der Waals surface area contributed by atoms with Crippen molar-refractivity contribution in [2.24, 2.45) is 7.05 Å². The molecule has 122 valence electrons. The molecular formula is C16H20N4O2S. The van der Waals surface area contributed by atoms with Crippen molar-refractivity contribution in [3.05, 3.63) is 40.4 Å². The summed E-state index contributed by atoms with van der Waals surface area (Å²) < 4.78 is 7.64. The van der Waals surface area contributed by atoms with Crippen LogP contribution in [0.4, 0.5) is 0 Å². The molecule has 2 heterocycles. The Morgan fingerprint density at radius 2 is 2.13 bits per heavy atom. The molecule has 1 N–H and O–H groups in total. The van der Waals surface area contributed by atoms with Crippen molar-refractivity contribution >= 4 is 18.1 Å². The highest BCUT2D eigenvalue weighted by atomic mass is 32.1. The standard InChI is InChI=1S/C16H20N4O2S/c1-19-14(17-18-16(19)23)12-4-3-9-20(10-12)15(21)11-5-7-13(22-2)8-6-11/h5-8,12H,3-4,9-10H2,1-2H3,(H,18,23)/t12-/m1/s1. The molecule has 0 saturated carbocycles. The third-order valence-electron chi connectivity index (χ3n) is 4.33. The average Bonchev–Trinajstić information content (AvgIpc) is 2.93. The molecular weight excluding hydrogens is 312 g/mol. The molecule has 1 fully saturated rings. The second-order valence-electron chi connectivity index (χ2n) is 5.76. The second kappa shape index (κ2) is 6.54. The summed E-state index contributed by atoms with van der Waals surface area (Å²) in [6, 6.07) is 7.24. The summed E-state index contributed by atoms with van der Waals surface area (Å²) in [5.74, 6) is 1.93. The molecule has 0 radical (unpaired) electrons. The number of nitrogens with zero attached hydrogens (tertiary/aromatic N) is 3. The van der Waals surface area contributed by atoms with E-state index in [4.69, 9.17) is 17.0 Å². The number of amides is 1. The lowest BCUT2D eigenvalue weighted by atomic mass is 9.96. The van der Waals surface area contributed by atoms with Gasteiger partial charge in [-0.2, -0.15) is 5.10 Å². The van der Waals surface area contributed by atoms with Gasteiger partial charge in [-0.25, -0.2) is 0 Å². The lowest BCUT2D eigenvalue weighted by Gasteiger charge is -2.32. The van der Waals surface area contributed by atoms with Gasteiger partial charge in [0.25, 0.3) is 5.91 Å². The van der Waals surface area contributed by atoms with Gasteiger partial charge in [-0.1, -0.05) is 0 Å². The van der Waals surface area contributed by atoms with Gasteiger partial charge in [-0.05, 0) is 49.3 Å². The first-order valence-electron chi connectivity index (χ1n) is 7.64. The molecule has 1 aromatic carbocycles. The minimum absolute atomic E-state index is 0.0501. The Hall–Kier alpha value is -2.15. The first-order chi connectivity index (χ1) is 11.1. The molecule has 0 aliphatic carbocycles. The Balaban J connectivity index is 1.76. The molecule has 6 nitrogen and oxygen atoms in total. The maximum absolute atomic E-state index is 12.7. The van der Waals surface area contributed by atoms with Gasteiger partial charge in [0.1, 0.15) is 11.6 Å². The van der Waals surface area contributed by atoms with Gasteiger partial charge >= 0.3 is 0 Å². The van der Waals surface area contributed by atoms with Crippen LogP contribution in [0.1, 0.15) is 34.9 Å². The lowest BCUT2D eigenvalue weighted by Crippen LogP contribution is -2.39. The Labute approximate surface area is 140 Å². The number of rotatable bonds is 3. The molecule has 0 bridgehead atoms. The van der Waals surface area contributed by atoms with Gasteiger partial charge < -0.3 is 14.2 Å². The van der Waals surface area contributed by atoms with E-state index >= 15 is 0 Å². The molecule has 1 aliphatic heterocycles. The zero-order valence-electron chi connectivity index (χ0n) is 13.3. The zero-order valence-corrected chi connectivity index (χ0v) is 14.1. The average molecular weight is 332 g/mol. The van der Waals surface area contributed by atoms with Crippen molar-refractivity contribution in [2.45, 2.75) is 18.8 Å². The highest BCUT2D eigenvalue weighted by Gasteiger charge is 2.28. The molecule has 1 aliphatic rings. The van der Waals surface area contributed by atoms with Crippen molar-refractivity contribution in [1.29, 1.82) is 0 Å². The highest BCUT2D eigenvalue weighted by molar-refractivity contribution is 7.71. The number of piperidine rings is 1. The molecule has 2 aromatic rings. The smallest absolute Gasteiger partial charge is 0.253 e. The quantitative estimate of drug-likeness (QED) is 0.877. The highest BCUT2D eigenvalue weighted by Crippen LogP contribution is 2.26. The van der Waals surface area contributed by atoms with Gasteiger partial charge in [-0.3, -0.25) is 9.89 Å². The lowest BCUT2D eigenvalue weighted by molar-refractivity contribution is 0.0703. The second-order valence-corrected chi connectivity index (χ2v) is 6.15. The molecule has 0 unspecified atom stereocenters. The van der Waals surface area contributed by atoms with E-state index < -0.39 is 0 Å². The van der Waals surface area contributed by atoms with Crippen molar-refractivity contribution in [3.63, 3.8) is 0 Å². The van der Waals surface area contributed by atoms with E-state index in [1.54, 1.807) is 19.2 Å². The van der Waals surface area contributed by atoms with E-state index in [9.17, 15) is 4.79 Å². The first kappa shape index (κ1) is 15.7. The summed E-state index contributed by atoms with van der Waals surface area (Å²) in [5.41, 5.74) is 0.682. The monoisotopic (exact) mass is 332 g/mol. The van der Waals surface area contributed by atoms with E-state index in [1.165, 1.54) is 0 Å². The van der Waals surface area contributed by atoms with Crippen LogP contribution in [-0.2, 0) is 7.05 Å². The summed E-state index contributed by atoms with van der Waals surface area (Å²) in [5, 5.41) is 7.14. The zero-order chi connectivity index (χ0) is 16.4. The van der Waals surface area contributed by atoms with Crippen LogP contribution < -0.4 is 4.74 Å². The Bertz CT molecular complexity index is 750. The Morgan fingerprint density at radius 1 is 1.39 bits per heavy atom. The van der Waals surface area contributed by atoms with E-state index in [0.717, 1.165) is 31.0 Å². The maximum Gasteiger partial charge on any atom is 0.253 e. The summed E-state index contributed by atoms with van der Waals surface area (Å²) in [6.07, 6.45) is 1.98. The number of hydrogen-bond acceptors (Lipinski definition) is 4. The van der Waals surface area contributed by atoms with Crippen LogP contribution in [0.5, 0.6) is 5.75 Å². The van der Waals surface area contributed by atoms with Gasteiger partial charge in [-0.15, -0.1) is 0 Å². The third-order valence-corrected chi connectivity index (χ3v) is 4.69. The SMILES string of the molecule is COc1ccc(C(=O)N2CCC[C@@H](c3n[nH]c(=S)n3C)C2)cc1. The summed E-state index contributed by atoms with van der Waals surface area (Å²) in [4.78, 5) is 14.6. The molecule has 3 rings (SSSR count). The van der Waals surface area contributed by atoms with Crippen molar-refractivity contribution < 1.29 is 9.53 Å². The molecule has 1 saturated heterocycles. The van der Waals surface area contributed by atoms with Crippen molar-refractivity contribution in [3.8, 4) is 5.75 Å². The van der Waals surface area contributed by atoms with E-state index in [1.807, 2.05) is 28.6 Å². The largest absolute Gasteiger partial charge is 0.497 e. The third kappa shape index (κ3) is 3.14. The number of methoxy groups -OCH3 is 1. The topological polar surface area (TPSA) is 63.1 Å². The van der Waals surface area contributed by atoms with Crippen LogP contribution in [0.15, 0.2) is 24.3 Å². The normalized spacial score (nSPS) is 18.0. The van der Waals surface area contributed by atoms with E-state index in [2.05, 4.69) is 10.2 Å². The van der Waals surface area contributed by atoms with Crippen LogP contribution in [0.3, 0.4) is 0 Å². The molecule has 1 amide bonds. The fourth-order valence-corrected chi connectivity index (χ4v) is 3.15. The van der Waals surface area contributed by atoms with Gasteiger partial charge in [0.05, 0.1) is 7.11 Å². The van der Waals surface area contributed by atoms with Gasteiger partial charge in [0, 0.05) is 31.6 Å². The number of carbonyl (C=O) groups is 1. The molecule has 0 spiro atoms. The molecule has 7 heteroatoms. The Kier molecular flexibility index (Phi) is 4.47. The number of aromatic amines is 1. The fourth-order valence-electron chi connectivity index (χ4n) is 3.01. The van der Waals surface area contributed by atoms with E-state index in [0.29, 0.717) is 16.9 Å². The molecule has 1 aromatic heterocycles. The van der Waals surface area contributed by atoms with Crippen molar-refractivity contribution in [2.75, 3.05) is 20.2 Å². The summed E-state index contributed by atoms with van der Waals surface area (Å²) >= 11 is 5.18. The van der Waals surface area contributed by atoms with Crippen LogP contribution in [0, 0.1) is 4.77 Å². The summed E-state index contributed by atoms with van der Waals surface area (Å²) in [6.45, 7) is 1.44. The number of nitrogens with one attached hydrogen (secondary N) is 1. The number of carbonyl (C=O) groups excluding carboxylic acids is 1. The maximum atomic E-state index is 12.7. The minimum Gasteiger partial charge on any atom is -0.497 e. The molecule has 1 atom stereocenters.